The lowest BCUT2D eigenvalue weighted by atomic mass is 10.2. The van der Waals surface area contributed by atoms with Gasteiger partial charge in [-0.3, -0.25) is 5.32 Å². The molecule has 5 nitrogen and oxygen atoms in total. The molecule has 0 bridgehead atoms. The Morgan fingerprint density at radius 1 is 1.56 bits per heavy atom. The van der Waals surface area contributed by atoms with Crippen molar-refractivity contribution in [2.75, 3.05) is 0 Å². The van der Waals surface area contributed by atoms with E-state index in [1.165, 1.54) is 0 Å². The van der Waals surface area contributed by atoms with Crippen molar-refractivity contribution in [3.05, 3.63) is 30.0 Å². The summed E-state index contributed by atoms with van der Waals surface area (Å²) in [4.78, 5) is 4.03. The minimum atomic E-state index is 0. The molecular formula is C11H14N4O. The molecule has 0 saturated carbocycles. The van der Waals surface area contributed by atoms with Crippen LogP contribution in [0.4, 0.5) is 5.69 Å². The van der Waals surface area contributed by atoms with Crippen LogP contribution in [-0.4, -0.2) is 5.96 Å². The Bertz CT molecular complexity index is 601. The highest BCUT2D eigenvalue weighted by Crippen LogP contribution is 2.23. The van der Waals surface area contributed by atoms with E-state index in [2.05, 4.69) is 10.3 Å². The number of nitrogens with one attached hydrogen (secondary N) is 1. The summed E-state index contributed by atoms with van der Waals surface area (Å²) in [6, 6.07) is 7.36. The van der Waals surface area contributed by atoms with Crippen LogP contribution in [0.5, 0.6) is 0 Å². The lowest BCUT2D eigenvalue weighted by Crippen LogP contribution is -2.26. The van der Waals surface area contributed by atoms with Gasteiger partial charge in [0.05, 0.1) is 5.69 Å². The summed E-state index contributed by atoms with van der Waals surface area (Å²) in [6.07, 6.45) is 1.70. The van der Waals surface area contributed by atoms with E-state index in [1.807, 2.05) is 25.1 Å². The third-order valence-electron chi connectivity index (χ3n) is 2.06. The van der Waals surface area contributed by atoms with Crippen LogP contribution >= 0.6 is 0 Å². The number of hydrogen-bond donors (Lipinski definition) is 2. The van der Waals surface area contributed by atoms with Crippen molar-refractivity contribution in [2.45, 2.75) is 6.92 Å². The van der Waals surface area contributed by atoms with Gasteiger partial charge in [0.1, 0.15) is 11.3 Å². The first-order valence-corrected chi connectivity index (χ1v) is 4.68. The maximum atomic E-state index is 8.35. The predicted octanol–water partition coefficient (Wildman–Crippen LogP) is 2.25. The Morgan fingerprint density at radius 3 is 3.12 bits per heavy atom. The van der Waals surface area contributed by atoms with Crippen LogP contribution in [0.2, 0.25) is 0 Å². The summed E-state index contributed by atoms with van der Waals surface area (Å²) < 4.78 is 5.43. The van der Waals surface area contributed by atoms with Gasteiger partial charge in [0.15, 0.2) is 6.19 Å². The maximum Gasteiger partial charge on any atom is 0.207 e. The molecule has 5 heteroatoms. The molecule has 0 saturated heterocycles. The van der Waals surface area contributed by atoms with E-state index in [0.717, 1.165) is 16.7 Å². The summed E-state index contributed by atoms with van der Waals surface area (Å²) in [5, 5.41) is 11.6. The van der Waals surface area contributed by atoms with Gasteiger partial charge in [0.2, 0.25) is 5.96 Å². The lowest BCUT2D eigenvalue weighted by Gasteiger charge is -1.96. The zero-order chi connectivity index (χ0) is 11.5. The van der Waals surface area contributed by atoms with Gasteiger partial charge in [-0.05, 0) is 31.2 Å². The fourth-order valence-corrected chi connectivity index (χ4v) is 1.46. The van der Waals surface area contributed by atoms with Crippen molar-refractivity contribution < 1.29 is 7.27 Å². The van der Waals surface area contributed by atoms with Crippen LogP contribution in [0.1, 0.15) is 8.61 Å². The summed E-state index contributed by atoms with van der Waals surface area (Å²) in [5.74, 6) is 0.918. The van der Waals surface area contributed by atoms with E-state index in [-0.39, 0.29) is 8.81 Å². The van der Waals surface area contributed by atoms with Crippen LogP contribution in [0, 0.1) is 18.4 Å². The Balaban J connectivity index is 0.00000144. The van der Waals surface area contributed by atoms with Crippen molar-refractivity contribution >= 4 is 22.6 Å². The average Bonchev–Trinajstić information content (AvgIpc) is 2.57. The molecule has 1 aromatic heterocycles. The van der Waals surface area contributed by atoms with Crippen LogP contribution in [0.15, 0.2) is 33.7 Å². The summed E-state index contributed by atoms with van der Waals surface area (Å²) in [6.45, 7) is 1.88. The molecule has 0 amide bonds. The molecule has 1 aromatic carbocycles. The highest BCUT2D eigenvalue weighted by molar-refractivity contribution is 5.85. The molecule has 0 aliphatic carbocycles. The number of furan rings is 1. The number of aryl methyl sites for hydroxylation is 1. The predicted molar refractivity (Wildman–Crippen MR) is 65.2 cm³/mol. The van der Waals surface area contributed by atoms with Gasteiger partial charge in [-0.15, -0.1) is 0 Å². The molecule has 2 aromatic rings. The molecule has 0 radical (unpaired) electrons. The van der Waals surface area contributed by atoms with Crippen molar-refractivity contribution in [2.24, 2.45) is 10.7 Å². The average molecular weight is 218 g/mol. The molecule has 0 unspecified atom stereocenters. The number of rotatable bonds is 1. The number of fused-ring (bicyclic) bond motifs is 1. The fourth-order valence-electron chi connectivity index (χ4n) is 1.46. The van der Waals surface area contributed by atoms with Gasteiger partial charge in [-0.25, -0.2) is 4.99 Å². The van der Waals surface area contributed by atoms with Crippen molar-refractivity contribution in [1.29, 1.82) is 5.26 Å². The molecular weight excluding hydrogens is 204 g/mol. The van der Waals surface area contributed by atoms with Crippen LogP contribution in [0.3, 0.4) is 0 Å². The van der Waals surface area contributed by atoms with Gasteiger partial charge >= 0.3 is 0 Å². The molecule has 0 spiro atoms. The van der Waals surface area contributed by atoms with E-state index < -0.39 is 0 Å². The van der Waals surface area contributed by atoms with E-state index in [9.17, 15) is 0 Å². The van der Waals surface area contributed by atoms with Gasteiger partial charge in [0, 0.05) is 8.24 Å². The molecule has 0 aliphatic heterocycles. The standard InChI is InChI=1S/C11H10N4O.2H2/c1-7-4-8-5-9(2-3-10(8)16-7)15-11(13)14-6-12;;/h2-5H,1H3,(H3,13,14,15);2*1H. The molecule has 0 aliphatic rings. The first kappa shape index (κ1) is 10.1. The second kappa shape index (κ2) is 3.95. The van der Waals surface area contributed by atoms with Crippen LogP contribution in [-0.2, 0) is 0 Å². The second-order valence-corrected chi connectivity index (χ2v) is 3.31. The highest BCUT2D eigenvalue weighted by atomic mass is 16.3. The number of aliphatic imine (C=N–C) groups is 1. The first-order chi connectivity index (χ1) is 7.69. The number of nitriles is 1. The number of hydrogen-bond acceptors (Lipinski definition) is 3. The molecule has 16 heavy (non-hydrogen) atoms. The van der Waals surface area contributed by atoms with Crippen molar-refractivity contribution in [1.82, 2.24) is 5.32 Å². The maximum absolute atomic E-state index is 8.35. The third-order valence-corrected chi connectivity index (χ3v) is 2.06. The molecule has 2 rings (SSSR count). The topological polar surface area (TPSA) is 87.3 Å². The number of nitrogens with two attached hydrogens (primary N) is 1. The number of benzene rings is 1. The van der Waals surface area contributed by atoms with Crippen molar-refractivity contribution in [3.8, 4) is 6.19 Å². The Hall–Kier alpha value is -2.48. The van der Waals surface area contributed by atoms with E-state index >= 15 is 0 Å². The van der Waals surface area contributed by atoms with Gasteiger partial charge in [-0.2, -0.15) is 5.26 Å². The largest absolute Gasteiger partial charge is 0.461 e. The normalized spacial score (nSPS) is 11.4. The highest BCUT2D eigenvalue weighted by Gasteiger charge is 2.01. The quantitative estimate of drug-likeness (QED) is 0.332. The lowest BCUT2D eigenvalue weighted by molar-refractivity contribution is 0.578. The smallest absolute Gasteiger partial charge is 0.207 e. The molecule has 1 heterocycles. The molecule has 0 fully saturated rings. The van der Waals surface area contributed by atoms with E-state index in [1.54, 1.807) is 12.3 Å². The zero-order valence-corrected chi connectivity index (χ0v) is 8.69. The molecule has 0 atom stereocenters. The van der Waals surface area contributed by atoms with Crippen LogP contribution in [0.25, 0.3) is 11.0 Å². The number of guanidine groups is 1. The minimum Gasteiger partial charge on any atom is -0.461 e. The second-order valence-electron chi connectivity index (χ2n) is 3.31. The zero-order valence-electron chi connectivity index (χ0n) is 8.69. The monoisotopic (exact) mass is 218 g/mol. The Labute approximate surface area is 95.1 Å². The fraction of sp³-hybridized carbons (Fsp3) is 0.0909. The van der Waals surface area contributed by atoms with Gasteiger partial charge in [0.25, 0.3) is 0 Å². The van der Waals surface area contributed by atoms with E-state index in [0.29, 0.717) is 5.69 Å². The number of nitrogens with zero attached hydrogens (tertiary/aromatic N) is 2. The van der Waals surface area contributed by atoms with Gasteiger partial charge in [-0.1, -0.05) is 0 Å². The molecule has 3 N–H and O–H groups in total. The van der Waals surface area contributed by atoms with Crippen LogP contribution < -0.4 is 11.1 Å². The van der Waals surface area contributed by atoms with E-state index in [4.69, 9.17) is 15.4 Å². The van der Waals surface area contributed by atoms with Gasteiger partial charge < -0.3 is 10.2 Å². The summed E-state index contributed by atoms with van der Waals surface area (Å²) >= 11 is 0. The third kappa shape index (κ3) is 1.96. The Morgan fingerprint density at radius 2 is 2.38 bits per heavy atom. The first-order valence-electron chi connectivity index (χ1n) is 4.68. The minimum absolute atomic E-state index is 0. The Kier molecular flexibility index (Phi) is 2.48. The summed E-state index contributed by atoms with van der Waals surface area (Å²) in [7, 11) is 0. The SMILES string of the molecule is Cc1cc2cc(N=C(N)NC#N)ccc2o1.[HH].[HH]. The molecule has 84 valence electrons. The van der Waals surface area contributed by atoms with Crippen molar-refractivity contribution in [3.63, 3.8) is 0 Å². The summed E-state index contributed by atoms with van der Waals surface area (Å²) in [5.41, 5.74) is 6.94.